The summed E-state index contributed by atoms with van der Waals surface area (Å²) in [5, 5.41) is 6.68. The number of carbonyl (C=O) groups is 2. The maximum absolute atomic E-state index is 13.3. The van der Waals surface area contributed by atoms with E-state index in [1.54, 1.807) is 18.3 Å². The standard InChI is InChI=1S/C30H36N4O3/c1-21-7-9-22(10-8-21)25-20-27(25)31-15-5-6-26(30(36)34-17-3-2-4-18-34)33-28(35)23-11-13-24(14-12-23)29-32-16-19-37-29/h7-14,16,19,25-27,31H,2-6,15,17-18,20H2,1H3,(H,33,35)/t25-,26-,27+/m0/s1. The third kappa shape index (κ3) is 6.46. The second-order valence-electron chi connectivity index (χ2n) is 10.3. The minimum absolute atomic E-state index is 0.0356. The van der Waals surface area contributed by atoms with E-state index in [0.29, 0.717) is 29.8 Å². The molecule has 2 aromatic carbocycles. The Kier molecular flexibility index (Phi) is 7.99. The number of rotatable bonds is 10. The highest BCUT2D eigenvalue weighted by molar-refractivity contribution is 5.97. The predicted molar refractivity (Wildman–Crippen MR) is 143 cm³/mol. The molecule has 0 spiro atoms. The number of hydrogen-bond acceptors (Lipinski definition) is 5. The quantitative estimate of drug-likeness (QED) is 0.395. The lowest BCUT2D eigenvalue weighted by Gasteiger charge is -2.31. The zero-order chi connectivity index (χ0) is 25.6. The van der Waals surface area contributed by atoms with Crippen LogP contribution in [0.5, 0.6) is 0 Å². The Bertz CT molecular complexity index is 1170. The summed E-state index contributed by atoms with van der Waals surface area (Å²) in [5.74, 6) is 0.889. The molecule has 2 aliphatic rings. The van der Waals surface area contributed by atoms with Crippen molar-refractivity contribution >= 4 is 11.8 Å². The van der Waals surface area contributed by atoms with Crippen molar-refractivity contribution in [3.8, 4) is 11.5 Å². The molecule has 2 fully saturated rings. The van der Waals surface area contributed by atoms with Crippen molar-refractivity contribution in [1.82, 2.24) is 20.5 Å². The van der Waals surface area contributed by atoms with E-state index >= 15 is 0 Å². The molecule has 3 atom stereocenters. The maximum atomic E-state index is 13.3. The Morgan fingerprint density at radius 1 is 1.05 bits per heavy atom. The Morgan fingerprint density at radius 2 is 1.81 bits per heavy atom. The zero-order valence-corrected chi connectivity index (χ0v) is 21.5. The summed E-state index contributed by atoms with van der Waals surface area (Å²) in [6.45, 7) is 4.49. The lowest BCUT2D eigenvalue weighted by molar-refractivity contribution is -0.134. The van der Waals surface area contributed by atoms with E-state index in [2.05, 4.69) is 46.8 Å². The first-order valence-electron chi connectivity index (χ1n) is 13.5. The first-order valence-corrected chi connectivity index (χ1v) is 13.5. The molecule has 5 rings (SSSR count). The van der Waals surface area contributed by atoms with Crippen molar-refractivity contribution in [3.63, 3.8) is 0 Å². The molecule has 0 bridgehead atoms. The molecule has 1 aliphatic heterocycles. The van der Waals surface area contributed by atoms with Gasteiger partial charge in [0.2, 0.25) is 11.8 Å². The molecule has 194 valence electrons. The summed E-state index contributed by atoms with van der Waals surface area (Å²) in [5.41, 5.74) is 3.99. The number of nitrogens with zero attached hydrogens (tertiary/aromatic N) is 2. The third-order valence-corrected chi connectivity index (χ3v) is 7.47. The van der Waals surface area contributed by atoms with Crippen LogP contribution >= 0.6 is 0 Å². The van der Waals surface area contributed by atoms with Crippen LogP contribution in [0.2, 0.25) is 0 Å². The van der Waals surface area contributed by atoms with Gasteiger partial charge in [-0.05, 0) is 81.8 Å². The van der Waals surface area contributed by atoms with Crippen molar-refractivity contribution in [2.24, 2.45) is 0 Å². The molecule has 1 aliphatic carbocycles. The summed E-state index contributed by atoms with van der Waals surface area (Å²) >= 11 is 0. The van der Waals surface area contributed by atoms with Gasteiger partial charge in [0.15, 0.2) is 0 Å². The molecule has 2 amide bonds. The van der Waals surface area contributed by atoms with E-state index in [-0.39, 0.29) is 11.8 Å². The average molecular weight is 501 g/mol. The molecule has 1 saturated heterocycles. The molecule has 7 heteroatoms. The number of benzene rings is 2. The highest BCUT2D eigenvalue weighted by atomic mass is 16.3. The first-order chi connectivity index (χ1) is 18.1. The normalized spacial score (nSPS) is 19.9. The van der Waals surface area contributed by atoms with Crippen LogP contribution in [-0.2, 0) is 4.79 Å². The second kappa shape index (κ2) is 11.7. The van der Waals surface area contributed by atoms with E-state index in [4.69, 9.17) is 4.42 Å². The molecule has 37 heavy (non-hydrogen) atoms. The fourth-order valence-corrected chi connectivity index (χ4v) is 5.16. The first kappa shape index (κ1) is 25.2. The van der Waals surface area contributed by atoms with Gasteiger partial charge >= 0.3 is 0 Å². The van der Waals surface area contributed by atoms with Crippen molar-refractivity contribution < 1.29 is 14.0 Å². The minimum Gasteiger partial charge on any atom is -0.445 e. The molecule has 1 saturated carbocycles. The largest absolute Gasteiger partial charge is 0.445 e. The topological polar surface area (TPSA) is 87.5 Å². The van der Waals surface area contributed by atoms with Crippen LogP contribution < -0.4 is 10.6 Å². The van der Waals surface area contributed by atoms with Crippen LogP contribution in [0.3, 0.4) is 0 Å². The summed E-state index contributed by atoms with van der Waals surface area (Å²) in [4.78, 5) is 32.5. The van der Waals surface area contributed by atoms with E-state index in [1.807, 2.05) is 17.0 Å². The summed E-state index contributed by atoms with van der Waals surface area (Å²) < 4.78 is 5.33. The molecule has 2 N–H and O–H groups in total. The lowest BCUT2D eigenvalue weighted by Crippen LogP contribution is -2.50. The molecule has 0 radical (unpaired) electrons. The van der Waals surface area contributed by atoms with Crippen molar-refractivity contribution in [1.29, 1.82) is 0 Å². The molecule has 0 unspecified atom stereocenters. The third-order valence-electron chi connectivity index (χ3n) is 7.47. The number of oxazole rings is 1. The number of aromatic nitrogens is 1. The van der Waals surface area contributed by atoms with E-state index < -0.39 is 6.04 Å². The van der Waals surface area contributed by atoms with Crippen molar-refractivity contribution in [3.05, 3.63) is 77.7 Å². The van der Waals surface area contributed by atoms with Crippen LogP contribution in [0.15, 0.2) is 65.4 Å². The Labute approximate surface area is 218 Å². The Morgan fingerprint density at radius 3 is 2.51 bits per heavy atom. The van der Waals surface area contributed by atoms with Gasteiger partial charge in [-0.2, -0.15) is 0 Å². The van der Waals surface area contributed by atoms with E-state index in [1.165, 1.54) is 17.4 Å². The van der Waals surface area contributed by atoms with Crippen molar-refractivity contribution in [2.75, 3.05) is 19.6 Å². The molecular weight excluding hydrogens is 464 g/mol. The molecule has 2 heterocycles. The molecule has 7 nitrogen and oxygen atoms in total. The number of amides is 2. The van der Waals surface area contributed by atoms with Crippen LogP contribution in [0, 0.1) is 6.92 Å². The smallest absolute Gasteiger partial charge is 0.251 e. The van der Waals surface area contributed by atoms with Gasteiger partial charge in [-0.3, -0.25) is 9.59 Å². The molecule has 3 aromatic rings. The Balaban J connectivity index is 1.16. The van der Waals surface area contributed by atoms with Gasteiger partial charge in [-0.1, -0.05) is 29.8 Å². The second-order valence-corrected chi connectivity index (χ2v) is 10.3. The SMILES string of the molecule is Cc1ccc([C@@H]2C[C@H]2NCCC[C@H](NC(=O)c2ccc(-c3ncco3)cc2)C(=O)N2CCCCC2)cc1. The van der Waals surface area contributed by atoms with Gasteiger partial charge in [0, 0.05) is 36.2 Å². The average Bonchev–Trinajstić information content (AvgIpc) is 3.49. The van der Waals surface area contributed by atoms with Crippen LogP contribution in [0.1, 0.15) is 65.9 Å². The summed E-state index contributed by atoms with van der Waals surface area (Å²) in [6, 6.07) is 15.9. The number of nitrogens with one attached hydrogen (secondary N) is 2. The highest BCUT2D eigenvalue weighted by Crippen LogP contribution is 2.40. The number of carbonyl (C=O) groups excluding carboxylic acids is 2. The van der Waals surface area contributed by atoms with Gasteiger partial charge in [-0.15, -0.1) is 0 Å². The van der Waals surface area contributed by atoms with Crippen LogP contribution in [-0.4, -0.2) is 53.4 Å². The fourth-order valence-electron chi connectivity index (χ4n) is 5.16. The van der Waals surface area contributed by atoms with Gasteiger partial charge in [-0.25, -0.2) is 4.98 Å². The number of likely N-dealkylation sites (tertiary alicyclic amines) is 1. The fraction of sp³-hybridized carbons (Fsp3) is 0.433. The molecular formula is C30H36N4O3. The van der Waals surface area contributed by atoms with Gasteiger partial charge < -0.3 is 20.0 Å². The van der Waals surface area contributed by atoms with E-state index in [9.17, 15) is 9.59 Å². The van der Waals surface area contributed by atoms with Gasteiger partial charge in [0.25, 0.3) is 5.91 Å². The minimum atomic E-state index is -0.522. The maximum Gasteiger partial charge on any atom is 0.251 e. The number of hydrogen-bond donors (Lipinski definition) is 2. The predicted octanol–water partition coefficient (Wildman–Crippen LogP) is 4.69. The molecule has 1 aromatic heterocycles. The van der Waals surface area contributed by atoms with E-state index in [0.717, 1.165) is 57.3 Å². The number of piperidine rings is 1. The van der Waals surface area contributed by atoms with Crippen molar-refractivity contribution in [2.45, 2.75) is 63.5 Å². The Hall–Kier alpha value is -3.45. The van der Waals surface area contributed by atoms with Crippen LogP contribution in [0.25, 0.3) is 11.5 Å². The lowest BCUT2D eigenvalue weighted by atomic mass is 10.1. The van der Waals surface area contributed by atoms with Crippen LogP contribution in [0.4, 0.5) is 0 Å². The van der Waals surface area contributed by atoms with Gasteiger partial charge in [0.05, 0.1) is 6.20 Å². The highest BCUT2D eigenvalue weighted by Gasteiger charge is 2.37. The summed E-state index contributed by atoms with van der Waals surface area (Å²) in [7, 11) is 0. The summed E-state index contributed by atoms with van der Waals surface area (Å²) in [6.07, 6.45) is 8.91. The zero-order valence-electron chi connectivity index (χ0n) is 21.5. The van der Waals surface area contributed by atoms with Gasteiger partial charge in [0.1, 0.15) is 12.3 Å². The number of aryl methyl sites for hydroxylation is 1. The monoisotopic (exact) mass is 500 g/mol.